The lowest BCUT2D eigenvalue weighted by molar-refractivity contribution is 0.299. The lowest BCUT2D eigenvalue weighted by atomic mass is 10.1. The van der Waals surface area contributed by atoms with E-state index in [4.69, 9.17) is 0 Å². The fraction of sp³-hybridized carbons (Fsp3) is 0.294. The zero-order chi connectivity index (χ0) is 20.2. The van der Waals surface area contributed by atoms with E-state index < -0.39 is 25.9 Å². The van der Waals surface area contributed by atoms with Crippen molar-refractivity contribution in [3.05, 3.63) is 59.9 Å². The highest BCUT2D eigenvalue weighted by Gasteiger charge is 2.21. The van der Waals surface area contributed by atoms with Gasteiger partial charge in [0, 0.05) is 12.6 Å². The van der Waals surface area contributed by atoms with E-state index in [0.717, 1.165) is 0 Å². The molecule has 0 spiro atoms. The summed E-state index contributed by atoms with van der Waals surface area (Å²) in [6, 6.07) is 10.5. The number of sulfonamides is 2. The maximum absolute atomic E-state index is 13.5. The van der Waals surface area contributed by atoms with Gasteiger partial charge in [0.25, 0.3) is 0 Å². The molecule has 0 saturated carbocycles. The molecule has 2 aromatic carbocycles. The number of likely N-dealkylation sites (N-methyl/N-ethyl adjacent to an activating group) is 1. The Morgan fingerprint density at radius 3 is 2.00 bits per heavy atom. The van der Waals surface area contributed by atoms with E-state index in [0.29, 0.717) is 5.56 Å². The third-order valence-corrected chi connectivity index (χ3v) is 6.91. The number of nitrogens with one attached hydrogen (secondary N) is 2. The summed E-state index contributed by atoms with van der Waals surface area (Å²) in [4.78, 5) is 1.68. The van der Waals surface area contributed by atoms with Crippen molar-refractivity contribution in [2.24, 2.45) is 0 Å². The molecule has 0 bridgehead atoms. The van der Waals surface area contributed by atoms with Crippen LogP contribution in [0.1, 0.15) is 11.6 Å². The molecular formula is C17H22FN3O4S2. The maximum atomic E-state index is 13.5. The monoisotopic (exact) mass is 415 g/mol. The SMILES string of the molecule is CNS(=O)(=O)c1ccc(S(=O)(=O)NCC(c2cccc(F)c2)N(C)C)cc1. The quantitative estimate of drug-likeness (QED) is 0.678. The summed E-state index contributed by atoms with van der Waals surface area (Å²) in [6.07, 6.45) is 0. The van der Waals surface area contributed by atoms with Gasteiger partial charge in [-0.2, -0.15) is 0 Å². The Hall–Kier alpha value is -1.85. The van der Waals surface area contributed by atoms with Crippen molar-refractivity contribution in [3.8, 4) is 0 Å². The zero-order valence-electron chi connectivity index (χ0n) is 15.2. The van der Waals surface area contributed by atoms with Gasteiger partial charge >= 0.3 is 0 Å². The highest BCUT2D eigenvalue weighted by atomic mass is 32.2. The fourth-order valence-corrected chi connectivity index (χ4v) is 4.27. The first kappa shape index (κ1) is 21.5. The Bertz CT molecular complexity index is 991. The van der Waals surface area contributed by atoms with Gasteiger partial charge in [-0.05, 0) is 63.1 Å². The molecule has 2 rings (SSSR count). The molecule has 0 aliphatic carbocycles. The van der Waals surface area contributed by atoms with E-state index in [-0.39, 0.29) is 22.4 Å². The number of hydrogen-bond acceptors (Lipinski definition) is 5. The third-order valence-electron chi connectivity index (χ3n) is 4.04. The minimum Gasteiger partial charge on any atom is -0.301 e. The van der Waals surface area contributed by atoms with Crippen LogP contribution in [0, 0.1) is 5.82 Å². The van der Waals surface area contributed by atoms with E-state index in [1.165, 1.54) is 43.4 Å². The van der Waals surface area contributed by atoms with Crippen LogP contribution in [0.25, 0.3) is 0 Å². The molecule has 7 nitrogen and oxygen atoms in total. The molecular weight excluding hydrogens is 393 g/mol. The van der Waals surface area contributed by atoms with Crippen molar-refractivity contribution in [1.29, 1.82) is 0 Å². The zero-order valence-corrected chi connectivity index (χ0v) is 16.8. The fourth-order valence-electron chi connectivity index (χ4n) is 2.50. The summed E-state index contributed by atoms with van der Waals surface area (Å²) < 4.78 is 66.6. The van der Waals surface area contributed by atoms with Gasteiger partial charge < -0.3 is 4.90 Å². The topological polar surface area (TPSA) is 95.6 Å². The van der Waals surface area contributed by atoms with Crippen molar-refractivity contribution in [2.75, 3.05) is 27.7 Å². The first-order valence-electron chi connectivity index (χ1n) is 8.02. The van der Waals surface area contributed by atoms with Crippen LogP contribution in [0.3, 0.4) is 0 Å². The summed E-state index contributed by atoms with van der Waals surface area (Å²) in [5.74, 6) is -0.400. The standard InChI is InChI=1S/C17H22FN3O4S2/c1-19-26(22,23)15-7-9-16(10-8-15)27(24,25)20-12-17(21(2)3)13-5-4-6-14(18)11-13/h4-11,17,19-20H,12H2,1-3H3. The third kappa shape index (κ3) is 5.33. The van der Waals surface area contributed by atoms with Crippen molar-refractivity contribution in [1.82, 2.24) is 14.3 Å². The molecule has 0 amide bonds. The average Bonchev–Trinajstić information content (AvgIpc) is 2.61. The van der Waals surface area contributed by atoms with Crippen LogP contribution in [-0.4, -0.2) is 49.4 Å². The van der Waals surface area contributed by atoms with E-state index >= 15 is 0 Å². The normalized spacial score (nSPS) is 13.7. The summed E-state index contributed by atoms with van der Waals surface area (Å²) in [5.41, 5.74) is 0.637. The minimum absolute atomic E-state index is 0.0232. The van der Waals surface area contributed by atoms with Gasteiger partial charge in [-0.3, -0.25) is 0 Å². The van der Waals surface area contributed by atoms with E-state index in [1.54, 1.807) is 31.1 Å². The summed E-state index contributed by atoms with van der Waals surface area (Å²) in [6.45, 7) is 0.0232. The van der Waals surface area contributed by atoms with Gasteiger partial charge in [0.1, 0.15) is 5.82 Å². The second-order valence-electron chi connectivity index (χ2n) is 6.07. The van der Waals surface area contributed by atoms with Crippen LogP contribution in [0.2, 0.25) is 0 Å². The van der Waals surface area contributed by atoms with Crippen LogP contribution in [0.4, 0.5) is 4.39 Å². The Kier molecular flexibility index (Phi) is 6.71. The van der Waals surface area contributed by atoms with Crippen LogP contribution >= 0.6 is 0 Å². The molecule has 1 unspecified atom stereocenters. The van der Waals surface area contributed by atoms with Crippen molar-refractivity contribution in [2.45, 2.75) is 15.8 Å². The second-order valence-corrected chi connectivity index (χ2v) is 9.72. The Labute approximate surface area is 159 Å². The number of rotatable bonds is 8. The molecule has 0 radical (unpaired) electrons. The van der Waals surface area contributed by atoms with E-state index in [2.05, 4.69) is 9.44 Å². The van der Waals surface area contributed by atoms with Crippen molar-refractivity contribution in [3.63, 3.8) is 0 Å². The number of benzene rings is 2. The lowest BCUT2D eigenvalue weighted by Gasteiger charge is -2.25. The molecule has 0 aromatic heterocycles. The smallest absolute Gasteiger partial charge is 0.240 e. The Morgan fingerprint density at radius 1 is 0.963 bits per heavy atom. The molecule has 2 aromatic rings. The van der Waals surface area contributed by atoms with Gasteiger partial charge in [-0.15, -0.1) is 0 Å². The largest absolute Gasteiger partial charge is 0.301 e. The van der Waals surface area contributed by atoms with E-state index in [1.807, 2.05) is 0 Å². The Balaban J connectivity index is 2.20. The summed E-state index contributed by atoms with van der Waals surface area (Å²) in [5, 5.41) is 0. The first-order chi connectivity index (χ1) is 12.6. The average molecular weight is 416 g/mol. The molecule has 0 fully saturated rings. The number of nitrogens with zero attached hydrogens (tertiary/aromatic N) is 1. The summed E-state index contributed by atoms with van der Waals surface area (Å²) >= 11 is 0. The maximum Gasteiger partial charge on any atom is 0.240 e. The molecule has 0 aliphatic heterocycles. The highest BCUT2D eigenvalue weighted by molar-refractivity contribution is 7.90. The van der Waals surface area contributed by atoms with Gasteiger partial charge in [-0.1, -0.05) is 12.1 Å². The molecule has 2 N–H and O–H groups in total. The molecule has 0 saturated heterocycles. The molecule has 1 atom stereocenters. The van der Waals surface area contributed by atoms with Gasteiger partial charge in [0.2, 0.25) is 20.0 Å². The van der Waals surface area contributed by atoms with Crippen molar-refractivity contribution < 1.29 is 21.2 Å². The van der Waals surface area contributed by atoms with Gasteiger partial charge in [0.15, 0.2) is 0 Å². The number of hydrogen-bond donors (Lipinski definition) is 2. The number of halogens is 1. The van der Waals surface area contributed by atoms with Gasteiger partial charge in [0.05, 0.1) is 9.79 Å². The van der Waals surface area contributed by atoms with E-state index in [9.17, 15) is 21.2 Å². The van der Waals surface area contributed by atoms with Crippen LogP contribution in [-0.2, 0) is 20.0 Å². The predicted octanol–water partition coefficient (Wildman–Crippen LogP) is 1.31. The molecule has 0 aliphatic rings. The molecule has 0 heterocycles. The molecule has 27 heavy (non-hydrogen) atoms. The second kappa shape index (κ2) is 8.44. The minimum atomic E-state index is -3.86. The van der Waals surface area contributed by atoms with Crippen molar-refractivity contribution >= 4 is 20.0 Å². The predicted molar refractivity (Wildman–Crippen MR) is 101 cm³/mol. The lowest BCUT2D eigenvalue weighted by Crippen LogP contribution is -2.34. The summed E-state index contributed by atoms with van der Waals surface area (Å²) in [7, 11) is -2.70. The molecule has 148 valence electrons. The van der Waals surface area contributed by atoms with Crippen LogP contribution in [0.15, 0.2) is 58.3 Å². The van der Waals surface area contributed by atoms with Crippen LogP contribution < -0.4 is 9.44 Å². The van der Waals surface area contributed by atoms with Gasteiger partial charge in [-0.25, -0.2) is 30.7 Å². The molecule has 10 heteroatoms. The first-order valence-corrected chi connectivity index (χ1v) is 11.0. The highest BCUT2D eigenvalue weighted by Crippen LogP contribution is 2.20. The van der Waals surface area contributed by atoms with Crippen LogP contribution in [0.5, 0.6) is 0 Å². The Morgan fingerprint density at radius 2 is 1.52 bits per heavy atom.